The number of nitrogens with zero attached hydrogens (tertiary/aromatic N) is 3. The van der Waals surface area contributed by atoms with Gasteiger partial charge in [-0.25, -0.2) is 9.78 Å². The molecule has 0 unspecified atom stereocenters. The Balaban J connectivity index is 2.35. The Hall–Kier alpha value is -0.660. The molecule has 0 radical (unpaired) electrons. The summed E-state index contributed by atoms with van der Waals surface area (Å²) in [5, 5.41) is 0. The van der Waals surface area contributed by atoms with Gasteiger partial charge in [0.05, 0.1) is 9.99 Å². The zero-order valence-electron chi connectivity index (χ0n) is 10.9. The summed E-state index contributed by atoms with van der Waals surface area (Å²) < 4.78 is 3.22. The monoisotopic (exact) mass is 390 g/mol. The molecule has 0 aromatic carbocycles. The first kappa shape index (κ1) is 14.7. The molecule has 2 aromatic heterocycles. The number of aromatic nitrogens is 3. The van der Waals surface area contributed by atoms with Crippen molar-refractivity contribution in [3.63, 3.8) is 0 Å². The summed E-state index contributed by atoms with van der Waals surface area (Å²) in [6.07, 6.45) is 0. The van der Waals surface area contributed by atoms with Crippen LogP contribution in [0.2, 0.25) is 0 Å². The van der Waals surface area contributed by atoms with Gasteiger partial charge in [-0.1, -0.05) is 13.8 Å². The van der Waals surface area contributed by atoms with Crippen molar-refractivity contribution in [1.29, 1.82) is 0 Å². The van der Waals surface area contributed by atoms with Crippen LogP contribution in [0.25, 0.3) is 11.2 Å². The van der Waals surface area contributed by atoms with E-state index in [4.69, 9.17) is 0 Å². The Morgan fingerprint density at radius 3 is 2.68 bits per heavy atom. The van der Waals surface area contributed by atoms with Gasteiger partial charge >= 0.3 is 5.69 Å². The SMILES string of the molecule is CCN(CC)CCn1c(=O)[nH]c2cc(Br)c(Br)nc21. The number of nitrogens with one attached hydrogen (secondary N) is 1. The first-order valence-electron chi connectivity index (χ1n) is 6.23. The maximum absolute atomic E-state index is 12.0. The van der Waals surface area contributed by atoms with Gasteiger partial charge in [0.25, 0.3) is 0 Å². The molecule has 2 heterocycles. The second kappa shape index (κ2) is 6.19. The molecule has 0 saturated heterocycles. The van der Waals surface area contributed by atoms with Crippen LogP contribution in [0.3, 0.4) is 0 Å². The van der Waals surface area contributed by atoms with E-state index in [0.29, 0.717) is 16.8 Å². The molecule has 0 fully saturated rings. The molecule has 0 bridgehead atoms. The lowest BCUT2D eigenvalue weighted by atomic mass is 10.4. The summed E-state index contributed by atoms with van der Waals surface area (Å²) in [7, 11) is 0. The van der Waals surface area contributed by atoms with Gasteiger partial charge in [0.2, 0.25) is 0 Å². The van der Waals surface area contributed by atoms with Crippen molar-refractivity contribution in [2.45, 2.75) is 20.4 Å². The van der Waals surface area contributed by atoms with E-state index in [-0.39, 0.29) is 5.69 Å². The fraction of sp³-hybridized carbons (Fsp3) is 0.500. The molecule has 2 rings (SSSR count). The van der Waals surface area contributed by atoms with Crippen molar-refractivity contribution in [1.82, 2.24) is 19.4 Å². The van der Waals surface area contributed by atoms with Gasteiger partial charge in [0, 0.05) is 13.1 Å². The Labute approximate surface area is 128 Å². The maximum Gasteiger partial charge on any atom is 0.327 e. The van der Waals surface area contributed by atoms with E-state index < -0.39 is 0 Å². The molecule has 0 saturated carbocycles. The van der Waals surface area contributed by atoms with E-state index in [1.807, 2.05) is 6.07 Å². The molecule has 0 spiro atoms. The predicted octanol–water partition coefficient (Wildman–Crippen LogP) is 2.59. The minimum Gasteiger partial charge on any atom is -0.304 e. The lowest BCUT2D eigenvalue weighted by Gasteiger charge is -2.17. The van der Waals surface area contributed by atoms with Gasteiger partial charge in [0.15, 0.2) is 5.65 Å². The minimum atomic E-state index is -0.111. The van der Waals surface area contributed by atoms with E-state index in [1.54, 1.807) is 4.57 Å². The Morgan fingerprint density at radius 2 is 2.05 bits per heavy atom. The predicted molar refractivity (Wildman–Crippen MR) is 83.5 cm³/mol. The molecule has 5 nitrogen and oxygen atoms in total. The largest absolute Gasteiger partial charge is 0.327 e. The van der Waals surface area contributed by atoms with Crippen LogP contribution in [0, 0.1) is 0 Å². The Kier molecular flexibility index (Phi) is 4.81. The zero-order chi connectivity index (χ0) is 14.0. The fourth-order valence-electron chi connectivity index (χ4n) is 2.02. The molecule has 0 aliphatic carbocycles. The van der Waals surface area contributed by atoms with Crippen LogP contribution >= 0.6 is 31.9 Å². The van der Waals surface area contributed by atoms with Gasteiger partial charge in [-0.15, -0.1) is 0 Å². The topological polar surface area (TPSA) is 53.9 Å². The molecular weight excluding hydrogens is 376 g/mol. The summed E-state index contributed by atoms with van der Waals surface area (Å²) in [6, 6.07) is 1.86. The van der Waals surface area contributed by atoms with Crippen molar-refractivity contribution >= 4 is 43.0 Å². The summed E-state index contributed by atoms with van der Waals surface area (Å²) in [6.45, 7) is 7.68. The number of fused-ring (bicyclic) bond motifs is 1. The van der Waals surface area contributed by atoms with Crippen molar-refractivity contribution in [2.24, 2.45) is 0 Å². The number of likely N-dealkylation sites (N-methyl/N-ethyl adjacent to an activating group) is 1. The highest BCUT2D eigenvalue weighted by molar-refractivity contribution is 9.13. The van der Waals surface area contributed by atoms with Crippen LogP contribution in [0.15, 0.2) is 19.9 Å². The van der Waals surface area contributed by atoms with Crippen LogP contribution in [-0.2, 0) is 6.54 Å². The fourth-order valence-corrected chi connectivity index (χ4v) is 2.62. The maximum atomic E-state index is 12.0. The van der Waals surface area contributed by atoms with Gasteiger partial charge in [0.1, 0.15) is 4.60 Å². The molecule has 1 N–H and O–H groups in total. The van der Waals surface area contributed by atoms with E-state index in [1.165, 1.54) is 0 Å². The van der Waals surface area contributed by atoms with Crippen molar-refractivity contribution < 1.29 is 0 Å². The molecule has 2 aromatic rings. The molecule has 0 aliphatic rings. The number of halogens is 2. The first-order chi connectivity index (χ1) is 9.06. The van der Waals surface area contributed by atoms with Crippen LogP contribution in [-0.4, -0.2) is 39.1 Å². The first-order valence-corrected chi connectivity index (χ1v) is 7.82. The lowest BCUT2D eigenvalue weighted by molar-refractivity contribution is 0.290. The Morgan fingerprint density at radius 1 is 1.37 bits per heavy atom. The molecule has 0 aliphatic heterocycles. The standard InChI is InChI=1S/C12H16Br2N4O/c1-3-17(4-2)5-6-18-11-9(15-12(18)19)7-8(13)10(14)16-11/h7H,3-6H2,1-2H3,(H,15,19). The summed E-state index contributed by atoms with van der Waals surface area (Å²) in [5.41, 5.74) is 1.33. The van der Waals surface area contributed by atoms with Crippen LogP contribution in [0.1, 0.15) is 13.8 Å². The van der Waals surface area contributed by atoms with Crippen LogP contribution in [0.5, 0.6) is 0 Å². The highest BCUT2D eigenvalue weighted by Gasteiger charge is 2.11. The van der Waals surface area contributed by atoms with Crippen molar-refractivity contribution in [2.75, 3.05) is 19.6 Å². The van der Waals surface area contributed by atoms with Crippen molar-refractivity contribution in [3.8, 4) is 0 Å². The summed E-state index contributed by atoms with van der Waals surface area (Å²) >= 11 is 6.76. The number of H-pyrrole nitrogens is 1. The lowest BCUT2D eigenvalue weighted by Crippen LogP contribution is -2.30. The molecule has 19 heavy (non-hydrogen) atoms. The average Bonchev–Trinajstić information content (AvgIpc) is 2.67. The summed E-state index contributed by atoms with van der Waals surface area (Å²) in [5.74, 6) is 0. The number of hydrogen-bond acceptors (Lipinski definition) is 3. The van der Waals surface area contributed by atoms with E-state index in [9.17, 15) is 4.79 Å². The van der Waals surface area contributed by atoms with Gasteiger partial charge < -0.3 is 9.88 Å². The second-order valence-electron chi connectivity index (χ2n) is 4.24. The molecule has 0 atom stereocenters. The number of pyridine rings is 1. The van der Waals surface area contributed by atoms with Crippen LogP contribution < -0.4 is 5.69 Å². The zero-order valence-corrected chi connectivity index (χ0v) is 14.1. The molecule has 7 heteroatoms. The highest BCUT2D eigenvalue weighted by atomic mass is 79.9. The number of aromatic amines is 1. The van der Waals surface area contributed by atoms with Crippen molar-refractivity contribution in [3.05, 3.63) is 25.6 Å². The number of imidazole rings is 1. The van der Waals surface area contributed by atoms with E-state index >= 15 is 0 Å². The van der Waals surface area contributed by atoms with E-state index in [2.05, 4.69) is 60.6 Å². The quantitative estimate of drug-likeness (QED) is 0.797. The number of rotatable bonds is 5. The third-order valence-corrected chi connectivity index (χ3v) is 4.93. The Bertz CT molecular complexity index is 630. The normalized spacial score (nSPS) is 11.6. The summed E-state index contributed by atoms with van der Waals surface area (Å²) in [4.78, 5) is 21.5. The second-order valence-corrected chi connectivity index (χ2v) is 5.85. The highest BCUT2D eigenvalue weighted by Crippen LogP contribution is 2.23. The number of hydrogen-bond donors (Lipinski definition) is 1. The molecular formula is C12H16Br2N4O. The molecule has 104 valence electrons. The van der Waals surface area contributed by atoms with E-state index in [0.717, 1.165) is 29.6 Å². The van der Waals surface area contributed by atoms with Crippen LogP contribution in [0.4, 0.5) is 0 Å². The third kappa shape index (κ3) is 3.09. The minimum absolute atomic E-state index is 0.111. The van der Waals surface area contributed by atoms with Gasteiger partial charge in [-0.05, 0) is 51.0 Å². The molecule has 0 amide bonds. The third-order valence-electron chi connectivity index (χ3n) is 3.19. The van der Waals surface area contributed by atoms with Gasteiger partial charge in [-0.3, -0.25) is 4.57 Å². The average molecular weight is 392 g/mol. The van der Waals surface area contributed by atoms with Gasteiger partial charge in [-0.2, -0.15) is 0 Å². The smallest absolute Gasteiger partial charge is 0.304 e.